The van der Waals surface area contributed by atoms with Crippen LogP contribution in [-0.2, 0) is 11.2 Å². The van der Waals surface area contributed by atoms with Crippen LogP contribution in [0.2, 0.25) is 0 Å². The van der Waals surface area contributed by atoms with E-state index in [1.54, 1.807) is 14.2 Å². The molecule has 0 radical (unpaired) electrons. The third kappa shape index (κ3) is 7.79. The highest BCUT2D eigenvalue weighted by Gasteiger charge is 2.37. The summed E-state index contributed by atoms with van der Waals surface area (Å²) in [6.45, 7) is 3.09. The summed E-state index contributed by atoms with van der Waals surface area (Å²) in [5, 5.41) is 9.52. The zero-order valence-electron chi connectivity index (χ0n) is 19.6. The van der Waals surface area contributed by atoms with Crippen molar-refractivity contribution in [1.82, 2.24) is 9.80 Å². The van der Waals surface area contributed by atoms with Crippen LogP contribution in [0.25, 0.3) is 0 Å². The van der Waals surface area contributed by atoms with Crippen LogP contribution in [0.4, 0.5) is 4.79 Å². The molecule has 190 valence electrons. The largest absolute Gasteiger partial charge is 0.493 e. The third-order valence-electron chi connectivity index (χ3n) is 6.56. The van der Waals surface area contributed by atoms with Crippen LogP contribution in [0.3, 0.4) is 0 Å². The van der Waals surface area contributed by atoms with Crippen LogP contribution >= 0.6 is 24.8 Å². The molecule has 3 N–H and O–H groups in total. The molecular formula is C23H39Cl2N3O5. The van der Waals surface area contributed by atoms with E-state index in [0.29, 0.717) is 25.7 Å². The highest BCUT2D eigenvalue weighted by atomic mass is 35.5. The van der Waals surface area contributed by atoms with Gasteiger partial charge in [-0.2, -0.15) is 0 Å². The zero-order valence-corrected chi connectivity index (χ0v) is 21.2. The van der Waals surface area contributed by atoms with Crippen molar-refractivity contribution in [2.75, 3.05) is 47.0 Å². The van der Waals surface area contributed by atoms with Gasteiger partial charge in [-0.3, -0.25) is 4.90 Å². The van der Waals surface area contributed by atoms with Crippen molar-refractivity contribution in [3.05, 3.63) is 23.8 Å². The van der Waals surface area contributed by atoms with E-state index in [1.165, 1.54) is 17.7 Å². The van der Waals surface area contributed by atoms with Gasteiger partial charge in [0.05, 0.1) is 26.9 Å². The second-order valence-corrected chi connectivity index (χ2v) is 8.40. The number of carbonyl (C=O) groups is 1. The maximum Gasteiger partial charge on any atom is 0.407 e. The number of methoxy groups -OCH3 is 2. The van der Waals surface area contributed by atoms with Crippen molar-refractivity contribution in [2.45, 2.75) is 56.7 Å². The Balaban J connectivity index is 0.00000272. The minimum Gasteiger partial charge on any atom is -0.493 e. The lowest BCUT2D eigenvalue weighted by Crippen LogP contribution is -2.48. The van der Waals surface area contributed by atoms with E-state index in [0.717, 1.165) is 55.8 Å². The Labute approximate surface area is 209 Å². The van der Waals surface area contributed by atoms with Gasteiger partial charge < -0.3 is 30.0 Å². The molecule has 1 aliphatic carbocycles. The monoisotopic (exact) mass is 507 g/mol. The number of hydrogen-bond acceptors (Lipinski definition) is 6. The lowest BCUT2D eigenvalue weighted by molar-refractivity contribution is -0.0304. The number of likely N-dealkylation sites (tertiary alicyclic amines) is 1. The van der Waals surface area contributed by atoms with E-state index in [9.17, 15) is 9.90 Å². The molecular weight excluding hydrogens is 469 g/mol. The van der Waals surface area contributed by atoms with Gasteiger partial charge in [-0.25, -0.2) is 4.79 Å². The molecule has 1 amide bonds. The summed E-state index contributed by atoms with van der Waals surface area (Å²) >= 11 is 0. The number of amides is 1. The molecule has 1 aliphatic heterocycles. The molecule has 1 saturated heterocycles. The van der Waals surface area contributed by atoms with Gasteiger partial charge in [-0.1, -0.05) is 18.9 Å². The van der Waals surface area contributed by atoms with Crippen molar-refractivity contribution < 1.29 is 24.1 Å². The van der Waals surface area contributed by atoms with E-state index >= 15 is 0 Å². The molecule has 1 unspecified atom stereocenters. The fraction of sp³-hybridized carbons (Fsp3) is 0.696. The Bertz CT molecular complexity index is 727. The molecule has 8 nitrogen and oxygen atoms in total. The first-order valence-corrected chi connectivity index (χ1v) is 11.3. The first-order valence-electron chi connectivity index (χ1n) is 11.3. The van der Waals surface area contributed by atoms with Gasteiger partial charge in [0.15, 0.2) is 11.5 Å². The maximum absolute atomic E-state index is 11.6. The SMILES string of the molecule is COc1ccc(CCO[C@@H]2CCCC[C@H]2N2CCC(N(CCN)C(=O)O)C2)cc1OC.Cl.Cl. The average molecular weight is 508 g/mol. The number of carboxylic acid groups (broad SMARTS) is 1. The fourth-order valence-corrected chi connectivity index (χ4v) is 4.95. The topological polar surface area (TPSA) is 97.5 Å². The molecule has 2 aliphatic rings. The molecule has 1 saturated carbocycles. The second-order valence-electron chi connectivity index (χ2n) is 8.40. The fourth-order valence-electron chi connectivity index (χ4n) is 4.95. The van der Waals surface area contributed by atoms with Crippen molar-refractivity contribution in [2.24, 2.45) is 5.73 Å². The van der Waals surface area contributed by atoms with Gasteiger partial charge in [0.25, 0.3) is 0 Å². The van der Waals surface area contributed by atoms with E-state index < -0.39 is 6.09 Å². The molecule has 33 heavy (non-hydrogen) atoms. The standard InChI is InChI=1S/C23H37N3O5.2ClH/c1-29-21-8-7-17(15-22(21)30-2)10-14-31-20-6-4-3-5-19(20)25-12-9-18(16-25)26(13-11-24)23(27)28;;/h7-8,15,18-20H,3-6,9-14,16,24H2,1-2H3,(H,27,28);2*1H/t18?,19-,20-;;/m1../s1. The van der Waals surface area contributed by atoms with Gasteiger partial charge in [0.2, 0.25) is 0 Å². The summed E-state index contributed by atoms with van der Waals surface area (Å²) in [5.41, 5.74) is 6.78. The molecule has 0 bridgehead atoms. The summed E-state index contributed by atoms with van der Waals surface area (Å²) in [7, 11) is 3.28. The minimum atomic E-state index is -0.872. The van der Waals surface area contributed by atoms with Crippen LogP contribution < -0.4 is 15.2 Å². The van der Waals surface area contributed by atoms with Crippen molar-refractivity contribution >= 4 is 30.9 Å². The summed E-state index contributed by atoms with van der Waals surface area (Å²) < 4.78 is 17.1. The first kappa shape index (κ1) is 29.6. The lowest BCUT2D eigenvalue weighted by Gasteiger charge is -2.38. The molecule has 0 spiro atoms. The minimum absolute atomic E-state index is 0. The molecule has 1 aromatic rings. The van der Waals surface area contributed by atoms with E-state index in [2.05, 4.69) is 4.90 Å². The molecule has 1 heterocycles. The smallest absolute Gasteiger partial charge is 0.407 e. The normalized spacial score (nSPS) is 22.7. The molecule has 2 fully saturated rings. The first-order chi connectivity index (χ1) is 15.1. The number of ether oxygens (including phenoxy) is 3. The molecule has 10 heteroatoms. The maximum atomic E-state index is 11.6. The zero-order chi connectivity index (χ0) is 22.2. The van der Waals surface area contributed by atoms with Crippen LogP contribution in [0.15, 0.2) is 18.2 Å². The van der Waals surface area contributed by atoms with Crippen LogP contribution in [0.5, 0.6) is 11.5 Å². The Morgan fingerprint density at radius 1 is 1.15 bits per heavy atom. The number of benzene rings is 1. The van der Waals surface area contributed by atoms with Crippen molar-refractivity contribution in [3.63, 3.8) is 0 Å². The highest BCUT2D eigenvalue weighted by Crippen LogP contribution is 2.30. The van der Waals surface area contributed by atoms with Gasteiger partial charge in [0.1, 0.15) is 0 Å². The Morgan fingerprint density at radius 2 is 1.88 bits per heavy atom. The lowest BCUT2D eigenvalue weighted by atomic mass is 9.91. The summed E-state index contributed by atoms with van der Waals surface area (Å²) in [5.74, 6) is 1.47. The predicted molar refractivity (Wildman–Crippen MR) is 134 cm³/mol. The quantitative estimate of drug-likeness (QED) is 0.500. The highest BCUT2D eigenvalue weighted by molar-refractivity contribution is 5.85. The number of nitrogens with two attached hydrogens (primary N) is 1. The second kappa shape index (κ2) is 14.7. The van der Waals surface area contributed by atoms with E-state index in [-0.39, 0.29) is 37.0 Å². The number of rotatable bonds is 10. The van der Waals surface area contributed by atoms with E-state index in [1.807, 2.05) is 18.2 Å². The van der Waals surface area contributed by atoms with Gasteiger partial charge >= 0.3 is 6.09 Å². The van der Waals surface area contributed by atoms with Crippen LogP contribution in [0, 0.1) is 0 Å². The number of nitrogens with zero attached hydrogens (tertiary/aromatic N) is 2. The van der Waals surface area contributed by atoms with Crippen LogP contribution in [0.1, 0.15) is 37.7 Å². The molecule has 3 atom stereocenters. The summed E-state index contributed by atoms with van der Waals surface area (Å²) in [4.78, 5) is 15.5. The Hall–Kier alpha value is -1.45. The van der Waals surface area contributed by atoms with Crippen LogP contribution in [-0.4, -0.2) is 86.2 Å². The third-order valence-corrected chi connectivity index (χ3v) is 6.56. The van der Waals surface area contributed by atoms with Gasteiger partial charge in [-0.05, 0) is 43.4 Å². The molecule has 1 aromatic carbocycles. The molecule has 0 aromatic heterocycles. The summed E-state index contributed by atoms with van der Waals surface area (Å²) in [6, 6.07) is 6.36. The van der Waals surface area contributed by atoms with Gasteiger partial charge in [0, 0.05) is 38.3 Å². The Kier molecular flexibility index (Phi) is 13.2. The summed E-state index contributed by atoms with van der Waals surface area (Å²) in [6.07, 6.45) is 5.55. The Morgan fingerprint density at radius 3 is 2.55 bits per heavy atom. The predicted octanol–water partition coefficient (Wildman–Crippen LogP) is 3.43. The number of hydrogen-bond donors (Lipinski definition) is 2. The average Bonchev–Trinajstić information content (AvgIpc) is 3.27. The molecule has 3 rings (SSSR count). The van der Waals surface area contributed by atoms with E-state index in [4.69, 9.17) is 19.9 Å². The van der Waals surface area contributed by atoms with Crippen molar-refractivity contribution in [3.8, 4) is 11.5 Å². The van der Waals surface area contributed by atoms with Crippen molar-refractivity contribution in [1.29, 1.82) is 0 Å². The van der Waals surface area contributed by atoms with Gasteiger partial charge in [-0.15, -0.1) is 24.8 Å². The number of halogens is 2.